The molecular formula is C11H16ClNO2. The summed E-state index contributed by atoms with van der Waals surface area (Å²) in [5, 5.41) is 0.597. The third-order valence-corrected chi connectivity index (χ3v) is 2.59. The van der Waals surface area contributed by atoms with E-state index in [2.05, 4.69) is 0 Å². The Kier molecular flexibility index (Phi) is 4.24. The number of halogens is 1. The number of benzene rings is 1. The summed E-state index contributed by atoms with van der Waals surface area (Å²) < 4.78 is 10.5. The molecule has 0 aliphatic rings. The number of rotatable bonds is 4. The van der Waals surface area contributed by atoms with Gasteiger partial charge in [-0.05, 0) is 31.5 Å². The normalized spacial score (nSPS) is 10.2. The predicted octanol–water partition coefficient (Wildman–Crippen LogP) is 2.17. The highest BCUT2D eigenvalue weighted by molar-refractivity contribution is 6.32. The van der Waals surface area contributed by atoms with Gasteiger partial charge in [-0.2, -0.15) is 0 Å². The van der Waals surface area contributed by atoms with E-state index in [1.54, 1.807) is 14.2 Å². The number of ether oxygens (including phenoxy) is 2. The highest BCUT2D eigenvalue weighted by atomic mass is 35.5. The average Bonchev–Trinajstić information content (AvgIpc) is 2.19. The Hall–Kier alpha value is -0.930. The number of nitrogens with two attached hydrogens (primary N) is 1. The molecule has 0 saturated carbocycles. The minimum absolute atomic E-state index is 0.568. The zero-order chi connectivity index (χ0) is 11.4. The Labute approximate surface area is 95.1 Å². The third-order valence-electron chi connectivity index (χ3n) is 2.31. The van der Waals surface area contributed by atoms with E-state index in [1.165, 1.54) is 0 Å². The van der Waals surface area contributed by atoms with Crippen LogP contribution in [0.2, 0.25) is 5.02 Å². The summed E-state index contributed by atoms with van der Waals surface area (Å²) in [5.74, 6) is 1.47. The van der Waals surface area contributed by atoms with Crippen LogP contribution in [0.3, 0.4) is 0 Å². The van der Waals surface area contributed by atoms with Crippen molar-refractivity contribution in [3.05, 3.63) is 22.2 Å². The molecule has 0 aliphatic carbocycles. The van der Waals surface area contributed by atoms with Crippen LogP contribution in [0.25, 0.3) is 0 Å². The van der Waals surface area contributed by atoms with Gasteiger partial charge in [0.25, 0.3) is 0 Å². The van der Waals surface area contributed by atoms with E-state index in [9.17, 15) is 0 Å². The monoisotopic (exact) mass is 229 g/mol. The van der Waals surface area contributed by atoms with Gasteiger partial charge in [-0.3, -0.25) is 0 Å². The molecule has 0 amide bonds. The molecule has 2 N–H and O–H groups in total. The SMILES string of the molecule is COc1c(Cl)cc(CCN)c(OC)c1C. The summed E-state index contributed by atoms with van der Waals surface area (Å²) in [4.78, 5) is 0. The van der Waals surface area contributed by atoms with Crippen molar-refractivity contribution in [2.45, 2.75) is 13.3 Å². The number of hydrogen-bond donors (Lipinski definition) is 1. The fourth-order valence-corrected chi connectivity index (χ4v) is 2.03. The fraction of sp³-hybridized carbons (Fsp3) is 0.455. The van der Waals surface area contributed by atoms with Gasteiger partial charge in [0, 0.05) is 5.56 Å². The van der Waals surface area contributed by atoms with Gasteiger partial charge in [-0.25, -0.2) is 0 Å². The smallest absolute Gasteiger partial charge is 0.144 e. The van der Waals surface area contributed by atoms with Crippen molar-refractivity contribution in [2.75, 3.05) is 20.8 Å². The van der Waals surface area contributed by atoms with Crippen molar-refractivity contribution in [3.63, 3.8) is 0 Å². The lowest BCUT2D eigenvalue weighted by Gasteiger charge is -2.15. The second-order valence-electron chi connectivity index (χ2n) is 3.25. The van der Waals surface area contributed by atoms with Gasteiger partial charge < -0.3 is 15.2 Å². The standard InChI is InChI=1S/C11H16ClNO2/c1-7-10(14-2)8(4-5-13)6-9(12)11(7)15-3/h6H,4-5,13H2,1-3H3. The van der Waals surface area contributed by atoms with Crippen LogP contribution in [0.4, 0.5) is 0 Å². The van der Waals surface area contributed by atoms with Crippen LogP contribution in [-0.4, -0.2) is 20.8 Å². The van der Waals surface area contributed by atoms with Crippen molar-refractivity contribution in [1.29, 1.82) is 0 Å². The quantitative estimate of drug-likeness (QED) is 0.861. The second-order valence-corrected chi connectivity index (χ2v) is 3.65. The maximum atomic E-state index is 6.08. The highest BCUT2D eigenvalue weighted by Gasteiger charge is 2.14. The Morgan fingerprint density at radius 3 is 2.33 bits per heavy atom. The second kappa shape index (κ2) is 5.24. The first-order valence-electron chi connectivity index (χ1n) is 4.75. The molecule has 84 valence electrons. The van der Waals surface area contributed by atoms with E-state index >= 15 is 0 Å². The Morgan fingerprint density at radius 1 is 1.27 bits per heavy atom. The van der Waals surface area contributed by atoms with Gasteiger partial charge >= 0.3 is 0 Å². The van der Waals surface area contributed by atoms with Crippen LogP contribution in [-0.2, 0) is 6.42 Å². The molecule has 4 heteroatoms. The lowest BCUT2D eigenvalue weighted by Crippen LogP contribution is -2.06. The molecule has 0 spiro atoms. The van der Waals surface area contributed by atoms with Gasteiger partial charge in [-0.1, -0.05) is 11.6 Å². The lowest BCUT2D eigenvalue weighted by molar-refractivity contribution is 0.385. The minimum Gasteiger partial charge on any atom is -0.496 e. The summed E-state index contributed by atoms with van der Waals surface area (Å²) in [5.41, 5.74) is 7.45. The molecule has 0 unspecified atom stereocenters. The van der Waals surface area contributed by atoms with Crippen molar-refractivity contribution >= 4 is 11.6 Å². The molecule has 15 heavy (non-hydrogen) atoms. The van der Waals surface area contributed by atoms with E-state index in [-0.39, 0.29) is 0 Å². The third kappa shape index (κ3) is 2.36. The molecule has 0 aromatic heterocycles. The molecule has 3 nitrogen and oxygen atoms in total. The average molecular weight is 230 g/mol. The topological polar surface area (TPSA) is 44.5 Å². The van der Waals surface area contributed by atoms with Gasteiger partial charge in [0.2, 0.25) is 0 Å². The first-order chi connectivity index (χ1) is 7.15. The Balaban J connectivity index is 3.30. The Bertz CT molecular complexity index is 353. The van der Waals surface area contributed by atoms with Crippen LogP contribution in [0.1, 0.15) is 11.1 Å². The zero-order valence-corrected chi connectivity index (χ0v) is 10.0. The summed E-state index contributed by atoms with van der Waals surface area (Å²) >= 11 is 6.08. The molecular weight excluding hydrogens is 214 g/mol. The predicted molar refractivity (Wildman–Crippen MR) is 62.1 cm³/mol. The first-order valence-corrected chi connectivity index (χ1v) is 5.13. The highest BCUT2D eigenvalue weighted by Crippen LogP contribution is 2.37. The fourth-order valence-electron chi connectivity index (χ4n) is 1.68. The molecule has 1 rings (SSSR count). The van der Waals surface area contributed by atoms with Crippen LogP contribution in [0.5, 0.6) is 11.5 Å². The lowest BCUT2D eigenvalue weighted by atomic mass is 10.1. The molecule has 0 saturated heterocycles. The maximum Gasteiger partial charge on any atom is 0.144 e. The summed E-state index contributed by atoms with van der Waals surface area (Å²) in [6.07, 6.45) is 0.744. The summed E-state index contributed by atoms with van der Waals surface area (Å²) in [7, 11) is 3.23. The molecule has 1 aromatic carbocycles. The number of hydrogen-bond acceptors (Lipinski definition) is 3. The van der Waals surface area contributed by atoms with Crippen LogP contribution in [0.15, 0.2) is 6.07 Å². The van der Waals surface area contributed by atoms with E-state index in [0.29, 0.717) is 17.3 Å². The molecule has 0 heterocycles. The molecule has 0 aliphatic heterocycles. The molecule has 0 bridgehead atoms. The van der Waals surface area contributed by atoms with Crippen molar-refractivity contribution in [2.24, 2.45) is 5.73 Å². The van der Waals surface area contributed by atoms with Crippen molar-refractivity contribution < 1.29 is 9.47 Å². The minimum atomic E-state index is 0.568. The first kappa shape index (κ1) is 12.1. The molecule has 0 atom stereocenters. The molecule has 0 fully saturated rings. The summed E-state index contributed by atoms with van der Waals surface area (Å²) in [6.45, 7) is 2.49. The molecule has 1 aromatic rings. The van der Waals surface area contributed by atoms with E-state index < -0.39 is 0 Å². The van der Waals surface area contributed by atoms with Crippen LogP contribution < -0.4 is 15.2 Å². The van der Waals surface area contributed by atoms with Gasteiger partial charge in [0.1, 0.15) is 11.5 Å². The number of methoxy groups -OCH3 is 2. The van der Waals surface area contributed by atoms with E-state index in [0.717, 1.165) is 23.3 Å². The van der Waals surface area contributed by atoms with Crippen LogP contribution in [0, 0.1) is 6.92 Å². The van der Waals surface area contributed by atoms with Crippen molar-refractivity contribution in [1.82, 2.24) is 0 Å². The van der Waals surface area contributed by atoms with E-state index in [1.807, 2.05) is 13.0 Å². The molecule has 0 radical (unpaired) electrons. The Morgan fingerprint density at radius 2 is 1.87 bits per heavy atom. The maximum absolute atomic E-state index is 6.08. The van der Waals surface area contributed by atoms with Crippen molar-refractivity contribution in [3.8, 4) is 11.5 Å². The largest absolute Gasteiger partial charge is 0.496 e. The van der Waals surface area contributed by atoms with Gasteiger partial charge in [0.15, 0.2) is 0 Å². The van der Waals surface area contributed by atoms with Gasteiger partial charge in [-0.15, -0.1) is 0 Å². The zero-order valence-electron chi connectivity index (χ0n) is 9.26. The summed E-state index contributed by atoms with van der Waals surface area (Å²) in [6, 6.07) is 1.85. The van der Waals surface area contributed by atoms with Gasteiger partial charge in [0.05, 0.1) is 19.2 Å². The van der Waals surface area contributed by atoms with E-state index in [4.69, 9.17) is 26.8 Å². The van der Waals surface area contributed by atoms with Crippen LogP contribution >= 0.6 is 11.6 Å².